The lowest BCUT2D eigenvalue weighted by Crippen LogP contribution is -2.40. The summed E-state index contributed by atoms with van der Waals surface area (Å²) in [6.45, 7) is 1.46. The number of fused-ring (bicyclic) bond motifs is 1. The lowest BCUT2D eigenvalue weighted by Gasteiger charge is -2.28. The minimum absolute atomic E-state index is 0.189. The van der Waals surface area contributed by atoms with E-state index in [1.165, 1.54) is 0 Å². The minimum atomic E-state index is -0.189. The molecule has 6 heteroatoms. The lowest BCUT2D eigenvalue weighted by molar-refractivity contribution is 0.0211. The summed E-state index contributed by atoms with van der Waals surface area (Å²) >= 11 is 3.47. The maximum Gasteiger partial charge on any atom is 0.323 e. The summed E-state index contributed by atoms with van der Waals surface area (Å²) in [5, 5.41) is 3.34. The van der Waals surface area contributed by atoms with Gasteiger partial charge in [-0.3, -0.25) is 0 Å². The molecule has 0 aliphatic carbocycles. The van der Waals surface area contributed by atoms with Crippen molar-refractivity contribution < 1.29 is 4.74 Å². The van der Waals surface area contributed by atoms with E-state index in [4.69, 9.17) is 4.74 Å². The van der Waals surface area contributed by atoms with Crippen molar-refractivity contribution in [3.05, 3.63) is 27.1 Å². The van der Waals surface area contributed by atoms with Gasteiger partial charge in [-0.15, -0.1) is 0 Å². The Morgan fingerprint density at radius 2 is 2.00 bits per heavy atom. The smallest absolute Gasteiger partial charge is 0.323 e. The Kier molecular flexibility index (Phi) is 2.26. The summed E-state index contributed by atoms with van der Waals surface area (Å²) in [4.78, 5) is 16.6. The van der Waals surface area contributed by atoms with Crippen molar-refractivity contribution in [3.63, 3.8) is 0 Å². The van der Waals surface area contributed by atoms with Gasteiger partial charge in [0.25, 0.3) is 0 Å². The van der Waals surface area contributed by atoms with E-state index in [2.05, 4.69) is 31.2 Å². The molecule has 16 heavy (non-hydrogen) atoms. The van der Waals surface area contributed by atoms with Gasteiger partial charge >= 0.3 is 5.69 Å². The van der Waals surface area contributed by atoms with E-state index in [1.807, 2.05) is 12.1 Å². The number of imidazole rings is 1. The fraction of sp³-hybridized carbons (Fsp3) is 0.300. The van der Waals surface area contributed by atoms with Crippen LogP contribution in [0.3, 0.4) is 0 Å². The number of benzene rings is 1. The van der Waals surface area contributed by atoms with Crippen LogP contribution in [0.5, 0.6) is 0 Å². The Morgan fingerprint density at radius 1 is 1.31 bits per heavy atom. The van der Waals surface area contributed by atoms with Crippen molar-refractivity contribution >= 4 is 32.7 Å². The number of aromatic amines is 2. The molecular weight excluding hydrogens is 274 g/mol. The van der Waals surface area contributed by atoms with Crippen LogP contribution in [0, 0.1) is 0 Å². The first-order valence-corrected chi connectivity index (χ1v) is 5.77. The highest BCUT2D eigenvalue weighted by molar-refractivity contribution is 9.10. The van der Waals surface area contributed by atoms with E-state index >= 15 is 0 Å². The molecule has 0 atom stereocenters. The second kappa shape index (κ2) is 3.64. The maximum atomic E-state index is 11.1. The quantitative estimate of drug-likeness (QED) is 0.781. The molecule has 0 spiro atoms. The highest BCUT2D eigenvalue weighted by Crippen LogP contribution is 2.27. The number of halogens is 1. The van der Waals surface area contributed by atoms with Crippen LogP contribution in [0.15, 0.2) is 21.4 Å². The van der Waals surface area contributed by atoms with Gasteiger partial charge < -0.3 is 20.0 Å². The summed E-state index contributed by atoms with van der Waals surface area (Å²) in [6, 6.07) is 4.16. The van der Waals surface area contributed by atoms with Crippen LogP contribution in [-0.2, 0) is 4.74 Å². The zero-order valence-corrected chi connectivity index (χ0v) is 9.93. The van der Waals surface area contributed by atoms with E-state index in [0.717, 1.165) is 34.4 Å². The molecule has 1 aromatic heterocycles. The highest BCUT2D eigenvalue weighted by Gasteiger charge is 2.19. The Balaban J connectivity index is 2.02. The number of rotatable bonds is 2. The number of hydrogen-bond donors (Lipinski definition) is 3. The predicted molar refractivity (Wildman–Crippen MR) is 64.8 cm³/mol. The highest BCUT2D eigenvalue weighted by atomic mass is 79.9. The average molecular weight is 284 g/mol. The van der Waals surface area contributed by atoms with E-state index in [-0.39, 0.29) is 5.69 Å². The molecule has 0 bridgehead atoms. The molecule has 0 saturated carbocycles. The molecular formula is C10H10BrN3O2. The third kappa shape index (κ3) is 1.64. The molecule has 0 unspecified atom stereocenters. The monoisotopic (exact) mass is 283 g/mol. The van der Waals surface area contributed by atoms with Crippen LogP contribution >= 0.6 is 15.9 Å². The van der Waals surface area contributed by atoms with Crippen LogP contribution in [0.1, 0.15) is 0 Å². The second-order valence-corrected chi connectivity index (χ2v) is 4.69. The molecule has 1 saturated heterocycles. The second-order valence-electron chi connectivity index (χ2n) is 3.84. The summed E-state index contributed by atoms with van der Waals surface area (Å²) < 4.78 is 6.03. The van der Waals surface area contributed by atoms with Crippen LogP contribution in [-0.4, -0.2) is 29.2 Å². The Hall–Kier alpha value is -1.27. The van der Waals surface area contributed by atoms with Gasteiger partial charge in [0, 0.05) is 4.47 Å². The Morgan fingerprint density at radius 3 is 2.62 bits per heavy atom. The van der Waals surface area contributed by atoms with E-state index in [1.54, 1.807) is 0 Å². The Labute approximate surface area is 99.3 Å². The molecule has 3 N–H and O–H groups in total. The van der Waals surface area contributed by atoms with E-state index in [0.29, 0.717) is 6.04 Å². The molecule has 2 heterocycles. The summed E-state index contributed by atoms with van der Waals surface area (Å²) in [6.07, 6.45) is 0. The normalized spacial score (nSPS) is 16.3. The lowest BCUT2D eigenvalue weighted by atomic mass is 10.2. The SMILES string of the molecule is O=c1[nH]c2cc(Br)c(NC3COC3)cc2[nH]1. The molecule has 1 fully saturated rings. The summed E-state index contributed by atoms with van der Waals surface area (Å²) in [5.41, 5.74) is 2.38. The van der Waals surface area contributed by atoms with Gasteiger partial charge in [0.05, 0.1) is 36.0 Å². The largest absolute Gasteiger partial charge is 0.377 e. The first-order chi connectivity index (χ1) is 7.72. The third-order valence-corrected chi connectivity index (χ3v) is 3.26. The molecule has 1 aliphatic rings. The number of hydrogen-bond acceptors (Lipinski definition) is 3. The minimum Gasteiger partial charge on any atom is -0.377 e. The van der Waals surface area contributed by atoms with Crippen LogP contribution in [0.4, 0.5) is 5.69 Å². The predicted octanol–water partition coefficient (Wildman–Crippen LogP) is 1.43. The van der Waals surface area contributed by atoms with Crippen molar-refractivity contribution in [2.24, 2.45) is 0 Å². The van der Waals surface area contributed by atoms with Gasteiger partial charge in [0.15, 0.2) is 0 Å². The Bertz CT molecular complexity index is 585. The molecule has 2 aromatic rings. The topological polar surface area (TPSA) is 69.9 Å². The van der Waals surface area contributed by atoms with Crippen molar-refractivity contribution in [1.82, 2.24) is 9.97 Å². The maximum absolute atomic E-state index is 11.1. The van der Waals surface area contributed by atoms with Crippen molar-refractivity contribution in [3.8, 4) is 0 Å². The van der Waals surface area contributed by atoms with Gasteiger partial charge in [0.2, 0.25) is 0 Å². The number of aromatic nitrogens is 2. The van der Waals surface area contributed by atoms with Gasteiger partial charge in [-0.05, 0) is 28.1 Å². The number of ether oxygens (including phenoxy) is 1. The van der Waals surface area contributed by atoms with E-state index < -0.39 is 0 Å². The first kappa shape index (κ1) is 9.92. The number of nitrogens with one attached hydrogen (secondary N) is 3. The van der Waals surface area contributed by atoms with E-state index in [9.17, 15) is 4.79 Å². The zero-order valence-electron chi connectivity index (χ0n) is 8.34. The molecule has 84 valence electrons. The van der Waals surface area contributed by atoms with Gasteiger partial charge in [-0.25, -0.2) is 4.79 Å². The number of H-pyrrole nitrogens is 2. The molecule has 5 nitrogen and oxygen atoms in total. The summed E-state index contributed by atoms with van der Waals surface area (Å²) in [7, 11) is 0. The molecule has 1 aromatic carbocycles. The third-order valence-electron chi connectivity index (χ3n) is 2.60. The van der Waals surface area contributed by atoms with Gasteiger partial charge in [0.1, 0.15) is 0 Å². The van der Waals surface area contributed by atoms with Crippen LogP contribution in [0.2, 0.25) is 0 Å². The zero-order chi connectivity index (χ0) is 11.1. The first-order valence-electron chi connectivity index (χ1n) is 4.98. The molecule has 0 amide bonds. The van der Waals surface area contributed by atoms with Gasteiger partial charge in [-0.2, -0.15) is 0 Å². The fourth-order valence-corrected chi connectivity index (χ4v) is 2.16. The fourth-order valence-electron chi connectivity index (χ4n) is 1.71. The van der Waals surface area contributed by atoms with Crippen molar-refractivity contribution in [2.45, 2.75) is 6.04 Å². The molecule has 0 radical (unpaired) electrons. The van der Waals surface area contributed by atoms with Crippen LogP contribution < -0.4 is 11.0 Å². The van der Waals surface area contributed by atoms with Crippen LogP contribution in [0.25, 0.3) is 11.0 Å². The summed E-state index contributed by atoms with van der Waals surface area (Å²) in [5.74, 6) is 0. The standard InChI is InChI=1S/C10H10BrN3O2/c11-6-1-8-9(14-10(15)13-8)2-7(6)12-5-3-16-4-5/h1-2,5,12H,3-4H2,(H2,13,14,15). The van der Waals surface area contributed by atoms with Crippen molar-refractivity contribution in [1.29, 1.82) is 0 Å². The average Bonchev–Trinajstić information content (AvgIpc) is 2.50. The number of anilines is 1. The van der Waals surface area contributed by atoms with Crippen molar-refractivity contribution in [2.75, 3.05) is 18.5 Å². The molecule has 3 rings (SSSR count). The molecule has 1 aliphatic heterocycles. The van der Waals surface area contributed by atoms with Gasteiger partial charge in [-0.1, -0.05) is 0 Å².